The van der Waals surface area contributed by atoms with E-state index < -0.39 is 0 Å². The number of hydrogen-bond donors (Lipinski definition) is 1. The summed E-state index contributed by atoms with van der Waals surface area (Å²) in [5, 5.41) is 3.44. The zero-order valence-electron chi connectivity index (χ0n) is 13.9. The van der Waals surface area contributed by atoms with Gasteiger partial charge in [0.2, 0.25) is 5.91 Å². The average Bonchev–Trinajstić information content (AvgIpc) is 2.91. The van der Waals surface area contributed by atoms with Crippen molar-refractivity contribution in [2.75, 3.05) is 19.6 Å². The van der Waals surface area contributed by atoms with Crippen LogP contribution in [0.4, 0.5) is 0 Å². The SMILES string of the molecule is C[C@@H]1CN(C(=O)c2cccc(CN3CCCC3=O)c2)C[C@@H](C)N1. The number of rotatable bonds is 3. The van der Waals surface area contributed by atoms with E-state index in [9.17, 15) is 9.59 Å². The molecule has 5 nitrogen and oxygen atoms in total. The van der Waals surface area contributed by atoms with Gasteiger partial charge in [-0.1, -0.05) is 12.1 Å². The Labute approximate surface area is 137 Å². The maximum Gasteiger partial charge on any atom is 0.253 e. The Kier molecular flexibility index (Phi) is 4.66. The highest BCUT2D eigenvalue weighted by molar-refractivity contribution is 5.94. The number of carbonyl (C=O) groups is 2. The summed E-state index contributed by atoms with van der Waals surface area (Å²) in [6.07, 6.45) is 1.59. The van der Waals surface area contributed by atoms with Gasteiger partial charge in [0.1, 0.15) is 0 Å². The average molecular weight is 315 g/mol. The van der Waals surface area contributed by atoms with Crippen LogP contribution in [0.1, 0.15) is 42.6 Å². The molecule has 1 aromatic rings. The summed E-state index contributed by atoms with van der Waals surface area (Å²) in [6.45, 7) is 7.10. The number of carbonyl (C=O) groups excluding carboxylic acids is 2. The van der Waals surface area contributed by atoms with Crippen LogP contribution in [-0.4, -0.2) is 53.3 Å². The van der Waals surface area contributed by atoms with Gasteiger partial charge in [0.15, 0.2) is 0 Å². The van der Waals surface area contributed by atoms with Crippen LogP contribution in [0, 0.1) is 0 Å². The molecule has 2 atom stereocenters. The molecule has 0 saturated carbocycles. The summed E-state index contributed by atoms with van der Waals surface area (Å²) in [4.78, 5) is 28.3. The number of nitrogens with one attached hydrogen (secondary N) is 1. The predicted octanol–water partition coefficient (Wildman–Crippen LogP) is 1.63. The van der Waals surface area contributed by atoms with E-state index in [4.69, 9.17) is 0 Å². The van der Waals surface area contributed by atoms with Crippen LogP contribution in [0.15, 0.2) is 24.3 Å². The molecule has 0 aromatic heterocycles. The third-order valence-electron chi connectivity index (χ3n) is 4.56. The van der Waals surface area contributed by atoms with Crippen molar-refractivity contribution in [1.82, 2.24) is 15.1 Å². The molecule has 0 unspecified atom stereocenters. The van der Waals surface area contributed by atoms with Crippen LogP contribution in [0.5, 0.6) is 0 Å². The number of piperazine rings is 1. The van der Waals surface area contributed by atoms with Crippen molar-refractivity contribution in [3.8, 4) is 0 Å². The number of nitrogens with zero attached hydrogens (tertiary/aromatic N) is 2. The predicted molar refractivity (Wildman–Crippen MR) is 89.1 cm³/mol. The van der Waals surface area contributed by atoms with Gasteiger partial charge in [0, 0.05) is 50.2 Å². The number of hydrogen-bond acceptors (Lipinski definition) is 3. The van der Waals surface area contributed by atoms with E-state index in [1.807, 2.05) is 34.1 Å². The summed E-state index contributed by atoms with van der Waals surface area (Å²) in [5.74, 6) is 0.297. The van der Waals surface area contributed by atoms with Crippen LogP contribution < -0.4 is 5.32 Å². The van der Waals surface area contributed by atoms with E-state index >= 15 is 0 Å². The Morgan fingerprint density at radius 1 is 1.26 bits per heavy atom. The van der Waals surface area contributed by atoms with Crippen molar-refractivity contribution in [3.63, 3.8) is 0 Å². The number of benzene rings is 1. The van der Waals surface area contributed by atoms with E-state index in [0.29, 0.717) is 25.0 Å². The Balaban J connectivity index is 1.71. The summed E-state index contributed by atoms with van der Waals surface area (Å²) >= 11 is 0. The minimum atomic E-state index is 0.0831. The molecule has 0 aliphatic carbocycles. The number of likely N-dealkylation sites (tertiary alicyclic amines) is 1. The first-order valence-corrected chi connectivity index (χ1v) is 8.45. The fourth-order valence-electron chi connectivity index (χ4n) is 3.57. The third-order valence-corrected chi connectivity index (χ3v) is 4.56. The molecule has 1 N–H and O–H groups in total. The lowest BCUT2D eigenvalue weighted by atomic mass is 10.1. The van der Waals surface area contributed by atoms with E-state index in [1.54, 1.807) is 0 Å². The van der Waals surface area contributed by atoms with E-state index in [0.717, 1.165) is 37.2 Å². The molecule has 1 aromatic carbocycles. The summed E-state index contributed by atoms with van der Waals surface area (Å²) in [6, 6.07) is 8.34. The van der Waals surface area contributed by atoms with Gasteiger partial charge in [0.25, 0.3) is 5.91 Å². The Bertz CT molecular complexity index is 592. The first-order chi connectivity index (χ1) is 11.0. The van der Waals surface area contributed by atoms with E-state index in [1.165, 1.54) is 0 Å². The zero-order chi connectivity index (χ0) is 16.4. The first-order valence-electron chi connectivity index (χ1n) is 8.45. The monoisotopic (exact) mass is 315 g/mol. The van der Waals surface area contributed by atoms with Gasteiger partial charge in [-0.25, -0.2) is 0 Å². The van der Waals surface area contributed by atoms with Crippen LogP contribution in [-0.2, 0) is 11.3 Å². The van der Waals surface area contributed by atoms with Crippen molar-refractivity contribution in [3.05, 3.63) is 35.4 Å². The summed E-state index contributed by atoms with van der Waals surface area (Å²) in [5.41, 5.74) is 1.75. The van der Waals surface area contributed by atoms with Crippen LogP contribution in [0.3, 0.4) is 0 Å². The molecule has 2 amide bonds. The molecule has 23 heavy (non-hydrogen) atoms. The van der Waals surface area contributed by atoms with Gasteiger partial charge < -0.3 is 15.1 Å². The standard InChI is InChI=1S/C18H25N3O2/c1-13-10-21(11-14(2)19-13)18(23)16-6-3-5-15(9-16)12-20-8-4-7-17(20)22/h3,5-6,9,13-14,19H,4,7-8,10-12H2,1-2H3/t13-,14-/m1/s1. The van der Waals surface area contributed by atoms with Gasteiger partial charge in [0.05, 0.1) is 0 Å². The van der Waals surface area contributed by atoms with Crippen LogP contribution >= 0.6 is 0 Å². The normalized spacial score (nSPS) is 25.0. The number of amides is 2. The Hall–Kier alpha value is -1.88. The zero-order valence-corrected chi connectivity index (χ0v) is 13.9. The lowest BCUT2D eigenvalue weighted by Crippen LogP contribution is -2.55. The van der Waals surface area contributed by atoms with Crippen molar-refractivity contribution in [2.45, 2.75) is 45.3 Å². The third kappa shape index (κ3) is 3.72. The molecule has 2 heterocycles. The molecule has 2 fully saturated rings. The summed E-state index contributed by atoms with van der Waals surface area (Å²) < 4.78 is 0. The second-order valence-corrected chi connectivity index (χ2v) is 6.80. The highest BCUT2D eigenvalue weighted by atomic mass is 16.2. The first kappa shape index (κ1) is 16.0. The van der Waals surface area contributed by atoms with Crippen LogP contribution in [0.25, 0.3) is 0 Å². The highest BCUT2D eigenvalue weighted by Gasteiger charge is 2.26. The molecule has 0 bridgehead atoms. The van der Waals surface area contributed by atoms with Gasteiger partial charge in [-0.2, -0.15) is 0 Å². The molecule has 2 aliphatic heterocycles. The molecule has 124 valence electrons. The van der Waals surface area contributed by atoms with Crippen molar-refractivity contribution in [2.24, 2.45) is 0 Å². The van der Waals surface area contributed by atoms with Gasteiger partial charge in [-0.3, -0.25) is 9.59 Å². The van der Waals surface area contributed by atoms with Gasteiger partial charge in [-0.05, 0) is 38.0 Å². The van der Waals surface area contributed by atoms with Crippen LogP contribution in [0.2, 0.25) is 0 Å². The fourth-order valence-corrected chi connectivity index (χ4v) is 3.57. The van der Waals surface area contributed by atoms with Gasteiger partial charge in [-0.15, -0.1) is 0 Å². The molecule has 0 radical (unpaired) electrons. The minimum absolute atomic E-state index is 0.0831. The molecular formula is C18H25N3O2. The maximum absolute atomic E-state index is 12.8. The topological polar surface area (TPSA) is 52.7 Å². The Morgan fingerprint density at radius 3 is 2.65 bits per heavy atom. The lowest BCUT2D eigenvalue weighted by Gasteiger charge is -2.36. The van der Waals surface area contributed by atoms with Gasteiger partial charge >= 0.3 is 0 Å². The van der Waals surface area contributed by atoms with E-state index in [-0.39, 0.29) is 11.8 Å². The second-order valence-electron chi connectivity index (χ2n) is 6.80. The molecule has 3 rings (SSSR count). The maximum atomic E-state index is 12.8. The largest absolute Gasteiger partial charge is 0.338 e. The van der Waals surface area contributed by atoms with Crippen molar-refractivity contribution < 1.29 is 9.59 Å². The molecule has 2 aliphatic rings. The van der Waals surface area contributed by atoms with Crippen molar-refractivity contribution in [1.29, 1.82) is 0 Å². The van der Waals surface area contributed by atoms with Crippen molar-refractivity contribution >= 4 is 11.8 Å². The minimum Gasteiger partial charge on any atom is -0.338 e. The summed E-state index contributed by atoms with van der Waals surface area (Å²) in [7, 11) is 0. The fraction of sp³-hybridized carbons (Fsp3) is 0.556. The molecule has 5 heteroatoms. The lowest BCUT2D eigenvalue weighted by molar-refractivity contribution is -0.128. The smallest absolute Gasteiger partial charge is 0.253 e. The second kappa shape index (κ2) is 6.71. The van der Waals surface area contributed by atoms with E-state index in [2.05, 4.69) is 19.2 Å². The Morgan fingerprint density at radius 2 is 2.00 bits per heavy atom. The molecular weight excluding hydrogens is 290 g/mol. The molecule has 0 spiro atoms. The highest BCUT2D eigenvalue weighted by Crippen LogP contribution is 2.17. The molecule has 2 saturated heterocycles. The quantitative estimate of drug-likeness (QED) is 0.922.